The van der Waals surface area contributed by atoms with Crippen molar-refractivity contribution in [2.24, 2.45) is 0 Å². The molecular formula is C12H17ClN6. The lowest BCUT2D eigenvalue weighted by Gasteiger charge is -2.19. The quantitative estimate of drug-likeness (QED) is 0.812. The molecule has 0 amide bonds. The molecule has 0 bridgehead atoms. The number of tetrazole rings is 1. The lowest BCUT2D eigenvalue weighted by Crippen LogP contribution is -2.46. The van der Waals surface area contributed by atoms with Gasteiger partial charge in [-0.3, -0.25) is 0 Å². The number of hydrogen-bond acceptors (Lipinski definition) is 5. The summed E-state index contributed by atoms with van der Waals surface area (Å²) in [6, 6.07) is 10.1. The molecule has 3 rings (SSSR count). The minimum Gasteiger partial charge on any atom is -0.314 e. The highest BCUT2D eigenvalue weighted by Crippen LogP contribution is 2.09. The number of piperazine rings is 1. The van der Waals surface area contributed by atoms with Gasteiger partial charge in [0.1, 0.15) is 0 Å². The van der Waals surface area contributed by atoms with E-state index in [-0.39, 0.29) is 5.28 Å². The normalized spacial score (nSPS) is 18.5. The van der Waals surface area contributed by atoms with Gasteiger partial charge in [-0.2, -0.15) is 4.68 Å². The van der Waals surface area contributed by atoms with E-state index in [9.17, 15) is 0 Å². The highest BCUT2D eigenvalue weighted by atomic mass is 35.5. The summed E-state index contributed by atoms with van der Waals surface area (Å²) in [5.41, 5.74) is 0.854. The van der Waals surface area contributed by atoms with Crippen LogP contribution in [0, 0.1) is 0 Å². The van der Waals surface area contributed by atoms with Crippen LogP contribution < -0.4 is 10.6 Å². The van der Waals surface area contributed by atoms with Gasteiger partial charge in [0, 0.05) is 25.7 Å². The summed E-state index contributed by atoms with van der Waals surface area (Å²) in [7, 11) is 0. The Labute approximate surface area is 117 Å². The number of rotatable bonds is 1. The van der Waals surface area contributed by atoms with Gasteiger partial charge in [0.2, 0.25) is 5.28 Å². The number of halogens is 1. The lowest BCUT2D eigenvalue weighted by atomic mass is 10.3. The minimum absolute atomic E-state index is 0.265. The Morgan fingerprint density at radius 3 is 2.53 bits per heavy atom. The molecule has 0 aliphatic carbocycles. The third-order valence-corrected chi connectivity index (χ3v) is 2.91. The van der Waals surface area contributed by atoms with E-state index in [1.54, 1.807) is 0 Å². The molecule has 102 valence electrons. The van der Waals surface area contributed by atoms with Gasteiger partial charge in [-0.15, -0.1) is 0 Å². The van der Waals surface area contributed by atoms with Crippen molar-refractivity contribution in [3.63, 3.8) is 0 Å². The summed E-state index contributed by atoms with van der Waals surface area (Å²) in [6.45, 7) is 5.57. The van der Waals surface area contributed by atoms with Crippen LogP contribution in [0.2, 0.25) is 5.28 Å². The fourth-order valence-corrected chi connectivity index (χ4v) is 1.87. The predicted molar refractivity (Wildman–Crippen MR) is 74.5 cm³/mol. The molecule has 1 saturated heterocycles. The molecule has 0 spiro atoms. The Morgan fingerprint density at radius 1 is 1.26 bits per heavy atom. The van der Waals surface area contributed by atoms with Crippen molar-refractivity contribution >= 4 is 11.6 Å². The highest BCUT2D eigenvalue weighted by molar-refractivity contribution is 6.28. The zero-order chi connectivity index (χ0) is 13.5. The molecule has 1 aromatic carbocycles. The summed E-state index contributed by atoms with van der Waals surface area (Å²) in [4.78, 5) is 0. The summed E-state index contributed by atoms with van der Waals surface area (Å²) in [5.74, 6) is 0. The van der Waals surface area contributed by atoms with E-state index in [4.69, 9.17) is 11.6 Å². The molecule has 19 heavy (non-hydrogen) atoms. The molecule has 1 aliphatic heterocycles. The molecule has 2 aromatic rings. The van der Waals surface area contributed by atoms with Crippen LogP contribution in [0.5, 0.6) is 0 Å². The zero-order valence-electron chi connectivity index (χ0n) is 10.8. The van der Waals surface area contributed by atoms with Crippen molar-refractivity contribution in [1.29, 1.82) is 0 Å². The summed E-state index contributed by atoms with van der Waals surface area (Å²) in [5, 5.41) is 17.6. The van der Waals surface area contributed by atoms with E-state index < -0.39 is 0 Å². The molecule has 1 aliphatic rings. The zero-order valence-corrected chi connectivity index (χ0v) is 11.5. The smallest absolute Gasteiger partial charge is 0.247 e. The maximum Gasteiger partial charge on any atom is 0.247 e. The Morgan fingerprint density at radius 2 is 2.05 bits per heavy atom. The predicted octanol–water partition coefficient (Wildman–Crippen LogP) is 0.883. The van der Waals surface area contributed by atoms with Gasteiger partial charge < -0.3 is 10.6 Å². The standard InChI is InChI=1S/C7H5ClN4.C5H12N2/c8-7-9-10-11-12(7)6-4-2-1-3-5-6;1-5-4-6-2-3-7-5/h1-5H;5-7H,2-4H2,1H3/t;5-/m.0/s1. The Bertz CT molecular complexity index is 480. The van der Waals surface area contributed by atoms with Crippen molar-refractivity contribution in [3.05, 3.63) is 35.6 Å². The van der Waals surface area contributed by atoms with Crippen molar-refractivity contribution in [1.82, 2.24) is 30.8 Å². The topological polar surface area (TPSA) is 67.7 Å². The molecular weight excluding hydrogens is 264 g/mol. The molecule has 7 heteroatoms. The Kier molecular flexibility index (Phi) is 5.26. The fraction of sp³-hybridized carbons (Fsp3) is 0.417. The van der Waals surface area contributed by atoms with Crippen LogP contribution in [0.25, 0.3) is 5.69 Å². The molecule has 0 unspecified atom stereocenters. The van der Waals surface area contributed by atoms with Crippen LogP contribution in [0.1, 0.15) is 6.92 Å². The first-order valence-electron chi connectivity index (χ1n) is 6.21. The van der Waals surface area contributed by atoms with Crippen LogP contribution in [0.4, 0.5) is 0 Å². The van der Waals surface area contributed by atoms with Gasteiger partial charge >= 0.3 is 0 Å². The third kappa shape index (κ3) is 4.27. The van der Waals surface area contributed by atoms with Crippen molar-refractivity contribution in [2.75, 3.05) is 19.6 Å². The van der Waals surface area contributed by atoms with E-state index in [0.29, 0.717) is 6.04 Å². The largest absolute Gasteiger partial charge is 0.314 e. The second-order valence-electron chi connectivity index (χ2n) is 4.25. The number of nitrogens with zero attached hydrogens (tertiary/aromatic N) is 4. The number of hydrogen-bond donors (Lipinski definition) is 2. The average Bonchev–Trinajstić information content (AvgIpc) is 2.88. The second-order valence-corrected chi connectivity index (χ2v) is 4.59. The Balaban J connectivity index is 0.000000163. The first-order chi connectivity index (χ1) is 9.27. The lowest BCUT2D eigenvalue weighted by molar-refractivity contribution is 0.442. The number of benzene rings is 1. The van der Waals surface area contributed by atoms with Crippen molar-refractivity contribution in [2.45, 2.75) is 13.0 Å². The minimum atomic E-state index is 0.265. The number of nitrogens with one attached hydrogen (secondary N) is 2. The first-order valence-corrected chi connectivity index (χ1v) is 6.58. The van der Waals surface area contributed by atoms with Gasteiger partial charge in [-0.05, 0) is 41.1 Å². The maximum absolute atomic E-state index is 5.70. The fourth-order valence-electron chi connectivity index (χ4n) is 1.70. The van der Waals surface area contributed by atoms with Gasteiger partial charge in [-0.25, -0.2) is 0 Å². The molecule has 1 atom stereocenters. The molecule has 1 aromatic heterocycles. The van der Waals surface area contributed by atoms with E-state index in [2.05, 4.69) is 33.1 Å². The van der Waals surface area contributed by atoms with Crippen LogP contribution in [-0.2, 0) is 0 Å². The third-order valence-electron chi connectivity index (χ3n) is 2.68. The Hall–Kier alpha value is -1.50. The van der Waals surface area contributed by atoms with Gasteiger partial charge in [-0.1, -0.05) is 23.3 Å². The van der Waals surface area contributed by atoms with Crippen LogP contribution in [0.15, 0.2) is 30.3 Å². The van der Waals surface area contributed by atoms with E-state index in [1.807, 2.05) is 30.3 Å². The van der Waals surface area contributed by atoms with Gasteiger partial charge in [0.05, 0.1) is 5.69 Å². The first kappa shape index (κ1) is 13.9. The summed E-state index contributed by atoms with van der Waals surface area (Å²) < 4.78 is 1.46. The summed E-state index contributed by atoms with van der Waals surface area (Å²) in [6.07, 6.45) is 0. The van der Waals surface area contributed by atoms with E-state index in [1.165, 1.54) is 4.68 Å². The summed E-state index contributed by atoms with van der Waals surface area (Å²) >= 11 is 5.70. The van der Waals surface area contributed by atoms with Gasteiger partial charge in [0.25, 0.3) is 0 Å². The molecule has 2 N–H and O–H groups in total. The number of para-hydroxylation sites is 1. The molecule has 6 nitrogen and oxygen atoms in total. The van der Waals surface area contributed by atoms with E-state index in [0.717, 1.165) is 25.3 Å². The SMILES string of the molecule is C[C@H]1CNCCN1.Clc1nnnn1-c1ccccc1. The second kappa shape index (κ2) is 7.18. The molecule has 1 fully saturated rings. The highest BCUT2D eigenvalue weighted by Gasteiger charge is 2.03. The van der Waals surface area contributed by atoms with E-state index >= 15 is 0 Å². The average molecular weight is 281 g/mol. The number of aromatic nitrogens is 4. The van der Waals surface area contributed by atoms with Crippen LogP contribution in [0.3, 0.4) is 0 Å². The van der Waals surface area contributed by atoms with Crippen molar-refractivity contribution < 1.29 is 0 Å². The van der Waals surface area contributed by atoms with Crippen molar-refractivity contribution in [3.8, 4) is 5.69 Å². The van der Waals surface area contributed by atoms with Gasteiger partial charge in [0.15, 0.2) is 0 Å². The maximum atomic E-state index is 5.70. The molecule has 0 saturated carbocycles. The monoisotopic (exact) mass is 280 g/mol. The molecule has 0 radical (unpaired) electrons. The van der Waals surface area contributed by atoms with Crippen LogP contribution >= 0.6 is 11.6 Å². The molecule has 2 heterocycles. The van der Waals surface area contributed by atoms with Crippen LogP contribution in [-0.4, -0.2) is 45.9 Å².